The first kappa shape index (κ1) is 13.7. The second kappa shape index (κ2) is 6.47. The molecule has 0 radical (unpaired) electrons. The van der Waals surface area contributed by atoms with Crippen molar-refractivity contribution in [3.05, 3.63) is 57.8 Å². The molecule has 0 aliphatic rings. The molecule has 4 nitrogen and oxygen atoms in total. The standard InChI is InChI=1S/C14H16N2O2S/c15-14(18)13-7-6-11(19-13)8-16-9-12(17)10-4-2-1-3-5-10/h1-7,12,16-17H,8-9H2,(H2,15,18)/t12-/m0/s1. The van der Waals surface area contributed by atoms with Gasteiger partial charge in [-0.05, 0) is 17.7 Å². The van der Waals surface area contributed by atoms with Crippen molar-refractivity contribution in [1.82, 2.24) is 5.32 Å². The van der Waals surface area contributed by atoms with Crippen molar-refractivity contribution in [3.63, 3.8) is 0 Å². The number of nitrogens with two attached hydrogens (primary N) is 1. The largest absolute Gasteiger partial charge is 0.387 e. The second-order valence-electron chi connectivity index (χ2n) is 4.19. The van der Waals surface area contributed by atoms with Crippen LogP contribution in [0.25, 0.3) is 0 Å². The Balaban J connectivity index is 1.81. The van der Waals surface area contributed by atoms with Crippen LogP contribution in [0, 0.1) is 0 Å². The number of aliphatic hydroxyl groups is 1. The molecule has 0 aliphatic heterocycles. The predicted octanol–water partition coefficient (Wildman–Crippen LogP) is 1.67. The Morgan fingerprint density at radius 2 is 2.00 bits per heavy atom. The number of benzene rings is 1. The van der Waals surface area contributed by atoms with E-state index in [0.717, 1.165) is 10.4 Å². The van der Waals surface area contributed by atoms with Gasteiger partial charge >= 0.3 is 0 Å². The van der Waals surface area contributed by atoms with E-state index in [1.807, 2.05) is 36.4 Å². The molecule has 4 N–H and O–H groups in total. The summed E-state index contributed by atoms with van der Waals surface area (Å²) in [5, 5.41) is 13.1. The lowest BCUT2D eigenvalue weighted by atomic mass is 10.1. The van der Waals surface area contributed by atoms with Crippen LogP contribution in [0.15, 0.2) is 42.5 Å². The Kier molecular flexibility index (Phi) is 4.68. The molecular formula is C14H16N2O2S. The first-order chi connectivity index (χ1) is 9.16. The van der Waals surface area contributed by atoms with Crippen LogP contribution in [-0.2, 0) is 6.54 Å². The first-order valence-electron chi connectivity index (χ1n) is 5.99. The van der Waals surface area contributed by atoms with Gasteiger partial charge in [0.05, 0.1) is 11.0 Å². The minimum absolute atomic E-state index is 0.402. The second-order valence-corrected chi connectivity index (χ2v) is 5.36. The maximum atomic E-state index is 11.0. The third-order valence-electron chi connectivity index (χ3n) is 2.73. The van der Waals surface area contributed by atoms with Gasteiger partial charge in [-0.2, -0.15) is 0 Å². The molecule has 0 spiro atoms. The fourth-order valence-corrected chi connectivity index (χ4v) is 2.56. The zero-order chi connectivity index (χ0) is 13.7. The topological polar surface area (TPSA) is 75.4 Å². The minimum atomic E-state index is -0.531. The number of nitrogens with one attached hydrogen (secondary N) is 1. The van der Waals surface area contributed by atoms with Gasteiger partial charge in [-0.25, -0.2) is 0 Å². The molecule has 1 amide bonds. The summed E-state index contributed by atoms with van der Waals surface area (Å²) in [6.45, 7) is 1.08. The van der Waals surface area contributed by atoms with Crippen LogP contribution in [0.2, 0.25) is 0 Å². The van der Waals surface area contributed by atoms with E-state index in [0.29, 0.717) is 18.0 Å². The number of aliphatic hydroxyl groups excluding tert-OH is 1. The first-order valence-corrected chi connectivity index (χ1v) is 6.80. The quantitative estimate of drug-likeness (QED) is 0.751. The Labute approximate surface area is 115 Å². The van der Waals surface area contributed by atoms with Crippen molar-refractivity contribution in [2.45, 2.75) is 12.6 Å². The van der Waals surface area contributed by atoms with Gasteiger partial charge < -0.3 is 16.2 Å². The van der Waals surface area contributed by atoms with Gasteiger partial charge in [0.15, 0.2) is 0 Å². The van der Waals surface area contributed by atoms with Crippen molar-refractivity contribution in [2.24, 2.45) is 5.73 Å². The van der Waals surface area contributed by atoms with Crippen LogP contribution in [-0.4, -0.2) is 17.6 Å². The predicted molar refractivity (Wildman–Crippen MR) is 75.9 cm³/mol. The normalized spacial score (nSPS) is 12.3. The van der Waals surface area contributed by atoms with E-state index in [9.17, 15) is 9.90 Å². The molecule has 2 rings (SSSR count). The molecular weight excluding hydrogens is 260 g/mol. The molecule has 2 aromatic rings. The average molecular weight is 276 g/mol. The zero-order valence-electron chi connectivity index (χ0n) is 10.4. The van der Waals surface area contributed by atoms with E-state index in [1.54, 1.807) is 6.07 Å². The number of hydrogen-bond acceptors (Lipinski definition) is 4. The molecule has 0 saturated heterocycles. The Morgan fingerprint density at radius 3 is 2.63 bits per heavy atom. The highest BCUT2D eigenvalue weighted by Gasteiger charge is 2.08. The average Bonchev–Trinajstić information content (AvgIpc) is 2.89. The number of thiophene rings is 1. The lowest BCUT2D eigenvalue weighted by Crippen LogP contribution is -2.20. The minimum Gasteiger partial charge on any atom is -0.387 e. The molecule has 1 atom stereocenters. The van der Waals surface area contributed by atoms with Gasteiger partial charge in [0.25, 0.3) is 5.91 Å². The third kappa shape index (κ3) is 3.89. The van der Waals surface area contributed by atoms with Gasteiger partial charge in [-0.15, -0.1) is 11.3 Å². The van der Waals surface area contributed by atoms with Crippen molar-refractivity contribution in [2.75, 3.05) is 6.54 Å². The molecule has 19 heavy (non-hydrogen) atoms. The fourth-order valence-electron chi connectivity index (χ4n) is 1.73. The van der Waals surface area contributed by atoms with Gasteiger partial charge in [0, 0.05) is 18.0 Å². The van der Waals surface area contributed by atoms with Crippen molar-refractivity contribution >= 4 is 17.2 Å². The lowest BCUT2D eigenvalue weighted by Gasteiger charge is -2.11. The fraction of sp³-hybridized carbons (Fsp3) is 0.214. The third-order valence-corrected chi connectivity index (χ3v) is 3.83. The highest BCUT2D eigenvalue weighted by molar-refractivity contribution is 7.14. The van der Waals surface area contributed by atoms with Gasteiger partial charge in [-0.3, -0.25) is 4.79 Å². The van der Waals surface area contributed by atoms with Crippen LogP contribution in [0.4, 0.5) is 0 Å². The van der Waals surface area contributed by atoms with E-state index < -0.39 is 12.0 Å². The van der Waals surface area contributed by atoms with Crippen molar-refractivity contribution in [1.29, 1.82) is 0 Å². The Morgan fingerprint density at radius 1 is 1.26 bits per heavy atom. The Hall–Kier alpha value is -1.69. The van der Waals surface area contributed by atoms with Crippen molar-refractivity contribution < 1.29 is 9.90 Å². The highest BCUT2D eigenvalue weighted by Crippen LogP contribution is 2.16. The van der Waals surface area contributed by atoms with Crippen LogP contribution in [0.5, 0.6) is 0 Å². The molecule has 0 unspecified atom stereocenters. The van der Waals surface area contributed by atoms with Crippen LogP contribution < -0.4 is 11.1 Å². The number of carbonyl (C=O) groups excluding carboxylic acids is 1. The maximum absolute atomic E-state index is 11.0. The number of hydrogen-bond donors (Lipinski definition) is 3. The van der Waals surface area contributed by atoms with E-state index in [4.69, 9.17) is 5.73 Å². The van der Waals surface area contributed by atoms with Gasteiger partial charge in [0.1, 0.15) is 0 Å². The molecule has 0 aliphatic carbocycles. The zero-order valence-corrected chi connectivity index (χ0v) is 11.2. The molecule has 0 bridgehead atoms. The summed E-state index contributed by atoms with van der Waals surface area (Å²) in [6.07, 6.45) is -0.531. The molecule has 100 valence electrons. The van der Waals surface area contributed by atoms with E-state index >= 15 is 0 Å². The summed E-state index contributed by atoms with van der Waals surface area (Å²) < 4.78 is 0. The van der Waals surface area contributed by atoms with Crippen molar-refractivity contribution in [3.8, 4) is 0 Å². The Bertz CT molecular complexity index is 539. The number of primary amides is 1. The number of rotatable bonds is 6. The molecule has 1 aromatic heterocycles. The van der Waals surface area contributed by atoms with Gasteiger partial charge in [-0.1, -0.05) is 30.3 Å². The summed E-state index contributed by atoms with van der Waals surface area (Å²) >= 11 is 1.37. The monoisotopic (exact) mass is 276 g/mol. The van der Waals surface area contributed by atoms with E-state index in [1.165, 1.54) is 11.3 Å². The summed E-state index contributed by atoms with van der Waals surface area (Å²) in [5.41, 5.74) is 6.08. The van der Waals surface area contributed by atoms with E-state index in [-0.39, 0.29) is 0 Å². The summed E-state index contributed by atoms with van der Waals surface area (Å²) in [4.78, 5) is 12.5. The molecule has 0 fully saturated rings. The summed E-state index contributed by atoms with van der Waals surface area (Å²) in [5.74, 6) is -0.402. The number of carbonyl (C=O) groups is 1. The van der Waals surface area contributed by atoms with Gasteiger partial charge in [0.2, 0.25) is 0 Å². The molecule has 5 heteroatoms. The maximum Gasteiger partial charge on any atom is 0.258 e. The molecule has 1 heterocycles. The molecule has 1 aromatic carbocycles. The summed E-state index contributed by atoms with van der Waals surface area (Å²) in [7, 11) is 0. The SMILES string of the molecule is NC(=O)c1ccc(CNC[C@H](O)c2ccccc2)s1. The van der Waals surface area contributed by atoms with Crippen LogP contribution in [0.3, 0.4) is 0 Å². The highest BCUT2D eigenvalue weighted by atomic mass is 32.1. The smallest absolute Gasteiger partial charge is 0.258 e. The number of amides is 1. The van der Waals surface area contributed by atoms with Crippen LogP contribution >= 0.6 is 11.3 Å². The van der Waals surface area contributed by atoms with Crippen LogP contribution in [0.1, 0.15) is 26.2 Å². The molecule has 0 saturated carbocycles. The lowest BCUT2D eigenvalue weighted by molar-refractivity contribution is 0.100. The summed E-state index contributed by atoms with van der Waals surface area (Å²) in [6, 6.07) is 13.1. The van der Waals surface area contributed by atoms with E-state index in [2.05, 4.69) is 5.32 Å².